The van der Waals surface area contributed by atoms with Crippen molar-refractivity contribution >= 4 is 27.7 Å². The fourth-order valence-corrected chi connectivity index (χ4v) is 3.13. The van der Waals surface area contributed by atoms with Crippen LogP contribution in [0.1, 0.15) is 16.1 Å². The van der Waals surface area contributed by atoms with E-state index in [0.29, 0.717) is 30.7 Å². The molecule has 2 amide bonds. The molecule has 2 heterocycles. The number of hydrogen-bond acceptors (Lipinski definition) is 4. The molecular formula is C18H18BrN3O3. The van der Waals surface area contributed by atoms with Crippen LogP contribution in [0.3, 0.4) is 0 Å². The first-order chi connectivity index (χ1) is 12.0. The van der Waals surface area contributed by atoms with Crippen LogP contribution < -0.4 is 0 Å². The molecule has 0 atom stereocenters. The number of phenolic OH excluding ortho intramolecular Hbond substituents is 1. The number of hydrogen-bond donors (Lipinski definition) is 1. The Kier molecular flexibility index (Phi) is 5.33. The summed E-state index contributed by atoms with van der Waals surface area (Å²) in [7, 11) is 0. The van der Waals surface area contributed by atoms with E-state index in [9.17, 15) is 14.7 Å². The summed E-state index contributed by atoms with van der Waals surface area (Å²) >= 11 is 3.26. The van der Waals surface area contributed by atoms with Gasteiger partial charge in [-0.15, -0.1) is 0 Å². The molecule has 1 aliphatic rings. The lowest BCUT2D eigenvalue weighted by molar-refractivity contribution is -0.132. The van der Waals surface area contributed by atoms with Crippen molar-refractivity contribution in [3.63, 3.8) is 0 Å². The standard InChI is InChI=1S/C18H18BrN3O3/c19-13-4-5-15(16(23)11-13)18(25)22-9-7-21(8-10-22)17(24)12-14-3-1-2-6-20-14/h1-6,11,23H,7-10,12H2. The van der Waals surface area contributed by atoms with E-state index >= 15 is 0 Å². The molecule has 7 heteroatoms. The number of aromatic hydroxyl groups is 1. The molecule has 0 bridgehead atoms. The van der Waals surface area contributed by atoms with Gasteiger partial charge in [0.1, 0.15) is 5.75 Å². The summed E-state index contributed by atoms with van der Waals surface area (Å²) < 4.78 is 0.714. The van der Waals surface area contributed by atoms with E-state index in [0.717, 1.165) is 5.69 Å². The Morgan fingerprint density at radius 3 is 2.44 bits per heavy atom. The second-order valence-corrected chi connectivity index (χ2v) is 6.75. The van der Waals surface area contributed by atoms with Gasteiger partial charge in [-0.05, 0) is 30.3 Å². The highest BCUT2D eigenvalue weighted by atomic mass is 79.9. The molecule has 25 heavy (non-hydrogen) atoms. The predicted molar refractivity (Wildman–Crippen MR) is 96.2 cm³/mol. The van der Waals surface area contributed by atoms with Gasteiger partial charge in [0.25, 0.3) is 5.91 Å². The highest BCUT2D eigenvalue weighted by Gasteiger charge is 2.26. The van der Waals surface area contributed by atoms with E-state index < -0.39 is 0 Å². The van der Waals surface area contributed by atoms with Gasteiger partial charge in [-0.25, -0.2) is 0 Å². The number of rotatable bonds is 3. The van der Waals surface area contributed by atoms with E-state index in [1.807, 2.05) is 18.2 Å². The van der Waals surface area contributed by atoms with Crippen molar-refractivity contribution in [1.82, 2.24) is 14.8 Å². The van der Waals surface area contributed by atoms with E-state index in [2.05, 4.69) is 20.9 Å². The number of amides is 2. The number of nitrogens with zero attached hydrogens (tertiary/aromatic N) is 3. The molecule has 0 saturated carbocycles. The molecule has 1 aromatic carbocycles. The minimum atomic E-state index is -0.221. The number of carbonyl (C=O) groups excluding carboxylic acids is 2. The lowest BCUT2D eigenvalue weighted by atomic mass is 10.1. The van der Waals surface area contributed by atoms with Gasteiger partial charge >= 0.3 is 0 Å². The largest absolute Gasteiger partial charge is 0.507 e. The summed E-state index contributed by atoms with van der Waals surface area (Å²) in [4.78, 5) is 32.5. The lowest BCUT2D eigenvalue weighted by Gasteiger charge is -2.35. The zero-order valence-corrected chi connectivity index (χ0v) is 15.1. The Balaban J connectivity index is 1.58. The van der Waals surface area contributed by atoms with Crippen LogP contribution in [0.4, 0.5) is 0 Å². The third-order valence-electron chi connectivity index (χ3n) is 4.17. The van der Waals surface area contributed by atoms with Crippen molar-refractivity contribution in [3.05, 3.63) is 58.3 Å². The highest BCUT2D eigenvalue weighted by molar-refractivity contribution is 9.10. The van der Waals surface area contributed by atoms with Crippen molar-refractivity contribution in [2.24, 2.45) is 0 Å². The maximum atomic E-state index is 12.5. The zero-order valence-electron chi connectivity index (χ0n) is 13.6. The number of pyridine rings is 1. The summed E-state index contributed by atoms with van der Waals surface area (Å²) in [6, 6.07) is 10.3. The molecule has 1 fully saturated rings. The summed E-state index contributed by atoms with van der Waals surface area (Å²) in [5.74, 6) is -0.257. The highest BCUT2D eigenvalue weighted by Crippen LogP contribution is 2.24. The fraction of sp³-hybridized carbons (Fsp3) is 0.278. The molecule has 0 unspecified atom stereocenters. The van der Waals surface area contributed by atoms with E-state index in [1.165, 1.54) is 6.07 Å². The number of phenols is 1. The van der Waals surface area contributed by atoms with Gasteiger partial charge < -0.3 is 14.9 Å². The molecule has 1 aromatic heterocycles. The van der Waals surface area contributed by atoms with Gasteiger partial charge in [-0.1, -0.05) is 22.0 Å². The molecule has 1 saturated heterocycles. The number of halogens is 1. The van der Waals surface area contributed by atoms with Gasteiger partial charge in [-0.3, -0.25) is 14.6 Å². The first-order valence-corrected chi connectivity index (χ1v) is 8.79. The van der Waals surface area contributed by atoms with Crippen LogP contribution in [-0.2, 0) is 11.2 Å². The number of carbonyl (C=O) groups is 2. The van der Waals surface area contributed by atoms with Crippen molar-refractivity contribution in [2.75, 3.05) is 26.2 Å². The van der Waals surface area contributed by atoms with E-state index in [1.54, 1.807) is 28.1 Å². The number of aromatic nitrogens is 1. The van der Waals surface area contributed by atoms with Crippen LogP contribution in [0.25, 0.3) is 0 Å². The maximum absolute atomic E-state index is 12.5. The summed E-state index contributed by atoms with van der Waals surface area (Å²) in [5, 5.41) is 9.95. The fourth-order valence-electron chi connectivity index (χ4n) is 2.78. The second kappa shape index (κ2) is 7.65. The third-order valence-corrected chi connectivity index (χ3v) is 4.66. The molecular weight excluding hydrogens is 386 g/mol. The third kappa shape index (κ3) is 4.17. The average molecular weight is 404 g/mol. The Hall–Kier alpha value is -2.41. The Morgan fingerprint density at radius 2 is 1.80 bits per heavy atom. The predicted octanol–water partition coefficient (Wildman–Crippen LogP) is 2.08. The summed E-state index contributed by atoms with van der Waals surface area (Å²) in [5.41, 5.74) is 1.02. The average Bonchev–Trinajstić information content (AvgIpc) is 2.62. The molecule has 1 N–H and O–H groups in total. The topological polar surface area (TPSA) is 73.7 Å². The van der Waals surface area contributed by atoms with Crippen LogP contribution in [-0.4, -0.2) is 57.9 Å². The lowest BCUT2D eigenvalue weighted by Crippen LogP contribution is -2.51. The van der Waals surface area contributed by atoms with Crippen molar-refractivity contribution in [2.45, 2.75) is 6.42 Å². The maximum Gasteiger partial charge on any atom is 0.257 e. The molecule has 0 radical (unpaired) electrons. The van der Waals surface area contributed by atoms with E-state index in [-0.39, 0.29) is 29.5 Å². The minimum Gasteiger partial charge on any atom is -0.507 e. The molecule has 0 spiro atoms. The van der Waals surface area contributed by atoms with E-state index in [4.69, 9.17) is 0 Å². The van der Waals surface area contributed by atoms with Crippen molar-refractivity contribution in [1.29, 1.82) is 0 Å². The van der Waals surface area contributed by atoms with Crippen LogP contribution in [0.2, 0.25) is 0 Å². The minimum absolute atomic E-state index is 0.0114. The van der Waals surface area contributed by atoms with Crippen LogP contribution in [0, 0.1) is 0 Å². The van der Waals surface area contributed by atoms with Crippen molar-refractivity contribution < 1.29 is 14.7 Å². The molecule has 0 aliphatic carbocycles. The molecule has 2 aromatic rings. The monoisotopic (exact) mass is 403 g/mol. The van der Waals surface area contributed by atoms with Crippen molar-refractivity contribution in [3.8, 4) is 5.75 Å². The smallest absolute Gasteiger partial charge is 0.257 e. The Labute approximate surface area is 154 Å². The SMILES string of the molecule is O=C(Cc1ccccn1)N1CCN(C(=O)c2ccc(Br)cc2O)CC1. The van der Waals surface area contributed by atoms with Gasteiger partial charge in [-0.2, -0.15) is 0 Å². The summed E-state index contributed by atoms with van der Waals surface area (Å²) in [6.45, 7) is 1.86. The van der Waals surface area contributed by atoms with Gasteiger partial charge in [0.05, 0.1) is 12.0 Å². The molecule has 6 nitrogen and oxygen atoms in total. The zero-order chi connectivity index (χ0) is 17.8. The Morgan fingerprint density at radius 1 is 1.08 bits per heavy atom. The Bertz CT molecular complexity index is 774. The summed E-state index contributed by atoms with van der Waals surface area (Å²) in [6.07, 6.45) is 1.94. The molecule has 130 valence electrons. The van der Waals surface area contributed by atoms with Gasteiger partial charge in [0.15, 0.2) is 0 Å². The normalized spacial score (nSPS) is 14.4. The first kappa shape index (κ1) is 17.4. The second-order valence-electron chi connectivity index (χ2n) is 5.83. The quantitative estimate of drug-likeness (QED) is 0.850. The van der Waals surface area contributed by atoms with Crippen LogP contribution in [0.15, 0.2) is 47.1 Å². The van der Waals surface area contributed by atoms with Crippen LogP contribution >= 0.6 is 15.9 Å². The first-order valence-electron chi connectivity index (χ1n) is 8.00. The molecule has 1 aliphatic heterocycles. The molecule has 3 rings (SSSR count). The van der Waals surface area contributed by atoms with Crippen LogP contribution in [0.5, 0.6) is 5.75 Å². The van der Waals surface area contributed by atoms with Gasteiger partial charge in [0, 0.05) is 42.5 Å². The number of piperazine rings is 1. The van der Waals surface area contributed by atoms with Gasteiger partial charge in [0.2, 0.25) is 5.91 Å². The number of benzene rings is 1.